The Bertz CT molecular complexity index is 601. The zero-order valence-corrected chi connectivity index (χ0v) is 11.6. The molecule has 1 heterocycles. The lowest BCUT2D eigenvalue weighted by atomic mass is 10.3. The smallest absolute Gasteiger partial charge is 0.233 e. The number of rotatable bonds is 3. The molecule has 2 unspecified atom stereocenters. The van der Waals surface area contributed by atoms with Crippen LogP contribution in [0.3, 0.4) is 0 Å². The molecule has 0 radical (unpaired) electrons. The van der Waals surface area contributed by atoms with Crippen molar-refractivity contribution in [2.24, 2.45) is 10.1 Å². The number of hydrogen-bond donors (Lipinski definition) is 1. The van der Waals surface area contributed by atoms with Crippen LogP contribution in [0.15, 0.2) is 45.3 Å². The highest BCUT2D eigenvalue weighted by Crippen LogP contribution is 2.24. The van der Waals surface area contributed by atoms with E-state index in [1.165, 1.54) is 25.6 Å². The second-order valence-electron chi connectivity index (χ2n) is 3.72. The molecular weight excluding hydrogens is 290 g/mol. The molecular formula is C11H12ClN3O3S. The van der Waals surface area contributed by atoms with Gasteiger partial charge < -0.3 is 4.74 Å². The number of hydrazone groups is 1. The van der Waals surface area contributed by atoms with Gasteiger partial charge in [0.25, 0.3) is 0 Å². The highest BCUT2D eigenvalue weighted by atomic mass is 35.5. The summed E-state index contributed by atoms with van der Waals surface area (Å²) in [6.45, 7) is 0. The van der Waals surface area contributed by atoms with E-state index in [2.05, 4.69) is 15.5 Å². The number of methoxy groups -OCH3 is 1. The van der Waals surface area contributed by atoms with Gasteiger partial charge in [-0.15, -0.1) is 16.7 Å². The van der Waals surface area contributed by atoms with E-state index in [1.54, 1.807) is 18.2 Å². The Morgan fingerprint density at radius 3 is 2.68 bits per heavy atom. The molecule has 2 rings (SSSR count). The minimum atomic E-state index is -3.72. The number of aliphatic imine (C=N–C) groups is 1. The molecule has 19 heavy (non-hydrogen) atoms. The summed E-state index contributed by atoms with van der Waals surface area (Å²) in [7, 11) is -2.34. The van der Waals surface area contributed by atoms with Crippen LogP contribution in [0.25, 0.3) is 0 Å². The van der Waals surface area contributed by atoms with Crippen molar-refractivity contribution in [1.29, 1.82) is 0 Å². The third kappa shape index (κ3) is 2.71. The van der Waals surface area contributed by atoms with Crippen molar-refractivity contribution in [2.45, 2.75) is 15.6 Å². The predicted molar refractivity (Wildman–Crippen MR) is 73.1 cm³/mol. The second-order valence-corrected chi connectivity index (χ2v) is 6.51. The van der Waals surface area contributed by atoms with Gasteiger partial charge in [-0.1, -0.05) is 18.2 Å². The summed E-state index contributed by atoms with van der Waals surface area (Å²) in [6, 6.07) is 7.09. The average molecular weight is 302 g/mol. The maximum absolute atomic E-state index is 12.4. The summed E-state index contributed by atoms with van der Waals surface area (Å²) >= 11 is 6.07. The summed E-state index contributed by atoms with van der Waals surface area (Å²) < 4.78 is 28.4. The minimum Gasteiger partial charge on any atom is -0.481 e. The van der Waals surface area contributed by atoms with E-state index in [-0.39, 0.29) is 10.8 Å². The van der Waals surface area contributed by atoms with Crippen LogP contribution in [0.2, 0.25) is 0 Å². The molecule has 0 aromatic heterocycles. The van der Waals surface area contributed by atoms with Gasteiger partial charge in [0.05, 0.1) is 12.0 Å². The van der Waals surface area contributed by atoms with Crippen molar-refractivity contribution in [3.8, 4) is 0 Å². The zero-order chi connectivity index (χ0) is 13.9. The maximum Gasteiger partial charge on any atom is 0.233 e. The number of sulfone groups is 1. The van der Waals surface area contributed by atoms with E-state index in [9.17, 15) is 8.42 Å². The van der Waals surface area contributed by atoms with Crippen LogP contribution in [-0.4, -0.2) is 38.5 Å². The number of hydrogen-bond acceptors (Lipinski definition) is 6. The first-order chi connectivity index (χ1) is 9.07. The van der Waals surface area contributed by atoms with Gasteiger partial charge in [-0.3, -0.25) is 10.4 Å². The number of nitrogens with zero attached hydrogens (tertiary/aromatic N) is 2. The van der Waals surface area contributed by atoms with Crippen LogP contribution >= 0.6 is 11.6 Å². The van der Waals surface area contributed by atoms with Crippen molar-refractivity contribution >= 4 is 33.7 Å². The lowest BCUT2D eigenvalue weighted by Gasteiger charge is -2.21. The molecule has 0 spiro atoms. The highest BCUT2D eigenvalue weighted by molar-refractivity contribution is 7.93. The topological polar surface area (TPSA) is 80.1 Å². The molecule has 1 aliphatic rings. The van der Waals surface area contributed by atoms with Gasteiger partial charge in [-0.25, -0.2) is 8.42 Å². The largest absolute Gasteiger partial charge is 0.481 e. The van der Waals surface area contributed by atoms with Crippen molar-refractivity contribution in [3.05, 3.63) is 30.3 Å². The van der Waals surface area contributed by atoms with Crippen LogP contribution in [0.4, 0.5) is 0 Å². The van der Waals surface area contributed by atoms with Crippen LogP contribution in [0.5, 0.6) is 0 Å². The number of nitrogens with one attached hydrogen (secondary N) is 1. The summed E-state index contributed by atoms with van der Waals surface area (Å²) in [5.41, 5.74) is 2.48. The first-order valence-electron chi connectivity index (χ1n) is 5.39. The van der Waals surface area contributed by atoms with Gasteiger partial charge in [0, 0.05) is 0 Å². The molecule has 1 N–H and O–H groups in total. The Morgan fingerprint density at radius 2 is 2.05 bits per heavy atom. The monoisotopic (exact) mass is 301 g/mol. The van der Waals surface area contributed by atoms with Gasteiger partial charge in [-0.05, 0) is 12.1 Å². The molecule has 8 heteroatoms. The van der Waals surface area contributed by atoms with Crippen molar-refractivity contribution in [1.82, 2.24) is 5.43 Å². The third-order valence-corrected chi connectivity index (χ3v) is 5.27. The van der Waals surface area contributed by atoms with E-state index in [4.69, 9.17) is 16.3 Å². The Morgan fingerprint density at radius 1 is 1.37 bits per heavy atom. The number of ether oxygens (including phenoxy) is 1. The standard InChI is InChI=1S/C11H12ClN3O3S/c1-18-11-9(13-7-14-15-11)10(12)19(16,17)8-5-3-2-4-6-8/h2-7,9-10H,1H3,(H,13,14). The molecule has 2 atom stereocenters. The molecule has 1 aromatic carbocycles. The number of benzene rings is 1. The summed E-state index contributed by atoms with van der Waals surface area (Å²) in [4.78, 5) is 4.11. The third-order valence-electron chi connectivity index (χ3n) is 2.55. The number of alkyl halides is 1. The molecule has 6 nitrogen and oxygen atoms in total. The lowest BCUT2D eigenvalue weighted by molar-refractivity contribution is 0.377. The fourth-order valence-corrected chi connectivity index (χ4v) is 3.40. The van der Waals surface area contributed by atoms with E-state index in [0.717, 1.165) is 0 Å². The van der Waals surface area contributed by atoms with Crippen LogP contribution in [-0.2, 0) is 14.6 Å². The van der Waals surface area contributed by atoms with E-state index >= 15 is 0 Å². The molecule has 0 aliphatic carbocycles. The molecule has 0 amide bonds. The van der Waals surface area contributed by atoms with Gasteiger partial charge in [0.1, 0.15) is 6.34 Å². The summed E-state index contributed by atoms with van der Waals surface area (Å²) in [5.74, 6) is 0.127. The van der Waals surface area contributed by atoms with Crippen LogP contribution in [0, 0.1) is 0 Å². The summed E-state index contributed by atoms with van der Waals surface area (Å²) in [6.07, 6.45) is 1.28. The van der Waals surface area contributed by atoms with E-state index in [0.29, 0.717) is 0 Å². The Hall–Kier alpha value is -1.60. The fraction of sp³-hybridized carbons (Fsp3) is 0.273. The predicted octanol–water partition coefficient (Wildman–Crippen LogP) is 0.985. The second kappa shape index (κ2) is 5.58. The lowest BCUT2D eigenvalue weighted by Crippen LogP contribution is -2.39. The van der Waals surface area contributed by atoms with Crippen molar-refractivity contribution < 1.29 is 13.2 Å². The Kier molecular flexibility index (Phi) is 4.06. The molecule has 0 saturated heterocycles. The highest BCUT2D eigenvalue weighted by Gasteiger charge is 2.37. The van der Waals surface area contributed by atoms with Gasteiger partial charge in [-0.2, -0.15) is 0 Å². The first-order valence-corrected chi connectivity index (χ1v) is 7.37. The zero-order valence-electron chi connectivity index (χ0n) is 10.0. The maximum atomic E-state index is 12.4. The van der Waals surface area contributed by atoms with Gasteiger partial charge >= 0.3 is 0 Å². The molecule has 0 saturated carbocycles. The normalized spacial score (nSPS) is 20.3. The minimum absolute atomic E-state index is 0.127. The molecule has 1 aromatic rings. The van der Waals surface area contributed by atoms with E-state index in [1.807, 2.05) is 0 Å². The van der Waals surface area contributed by atoms with Crippen molar-refractivity contribution in [3.63, 3.8) is 0 Å². The van der Waals surface area contributed by atoms with Gasteiger partial charge in [0.15, 0.2) is 20.6 Å². The Balaban J connectivity index is 2.33. The molecule has 0 fully saturated rings. The average Bonchev–Trinajstić information content (AvgIpc) is 2.47. The quantitative estimate of drug-likeness (QED) is 0.844. The first kappa shape index (κ1) is 13.8. The Labute approximate surface area is 116 Å². The van der Waals surface area contributed by atoms with E-state index < -0.39 is 20.6 Å². The SMILES string of the molecule is COC1=NNC=NC1C(Cl)S(=O)(=O)c1ccccc1. The van der Waals surface area contributed by atoms with Crippen LogP contribution < -0.4 is 5.43 Å². The molecule has 102 valence electrons. The molecule has 1 aliphatic heterocycles. The number of halogens is 1. The van der Waals surface area contributed by atoms with Crippen molar-refractivity contribution in [2.75, 3.05) is 7.11 Å². The van der Waals surface area contributed by atoms with Crippen LogP contribution in [0.1, 0.15) is 0 Å². The summed E-state index contributed by atoms with van der Waals surface area (Å²) in [5, 5.41) is 3.80. The molecule has 0 bridgehead atoms. The fourth-order valence-electron chi connectivity index (χ4n) is 1.59. The van der Waals surface area contributed by atoms with Gasteiger partial charge in [0.2, 0.25) is 5.90 Å².